The number of carbonyl (C=O) groups excluding carboxylic acids is 2. The summed E-state index contributed by atoms with van der Waals surface area (Å²) < 4.78 is 0. The lowest BCUT2D eigenvalue weighted by molar-refractivity contribution is -0.135. The zero-order chi connectivity index (χ0) is 18.0. The van der Waals surface area contributed by atoms with Crippen molar-refractivity contribution >= 4 is 29.1 Å². The van der Waals surface area contributed by atoms with Crippen LogP contribution in [0.15, 0.2) is 71.0 Å². The number of hydrogen-bond acceptors (Lipinski definition) is 3. The molecule has 0 atom stereocenters. The molecule has 2 amide bonds. The van der Waals surface area contributed by atoms with Gasteiger partial charge in [-0.05, 0) is 37.1 Å². The van der Waals surface area contributed by atoms with Gasteiger partial charge in [-0.25, -0.2) is 0 Å². The van der Waals surface area contributed by atoms with Crippen LogP contribution in [-0.2, 0) is 9.59 Å². The van der Waals surface area contributed by atoms with Gasteiger partial charge in [-0.1, -0.05) is 59.8 Å². The molecule has 3 rings (SSSR count). The van der Waals surface area contributed by atoms with Crippen LogP contribution in [0.25, 0.3) is 5.57 Å². The van der Waals surface area contributed by atoms with Gasteiger partial charge in [0.1, 0.15) is 0 Å². The van der Waals surface area contributed by atoms with Gasteiger partial charge in [-0.2, -0.15) is 0 Å². The van der Waals surface area contributed by atoms with Gasteiger partial charge in [0.15, 0.2) is 0 Å². The molecular weight excluding hydrogens is 330 g/mol. The van der Waals surface area contributed by atoms with Crippen LogP contribution in [0, 0.1) is 13.8 Å². The lowest BCUT2D eigenvalue weighted by Gasteiger charge is -2.12. The molecule has 0 spiro atoms. The molecular formula is C21H19NO2S. The quantitative estimate of drug-likeness (QED) is 0.594. The van der Waals surface area contributed by atoms with Crippen molar-refractivity contribution in [2.75, 3.05) is 6.54 Å². The van der Waals surface area contributed by atoms with Crippen molar-refractivity contribution < 1.29 is 9.59 Å². The van der Waals surface area contributed by atoms with E-state index < -0.39 is 0 Å². The summed E-state index contributed by atoms with van der Waals surface area (Å²) in [6, 6.07) is 15.6. The van der Waals surface area contributed by atoms with E-state index >= 15 is 0 Å². The maximum atomic E-state index is 12.9. The third kappa shape index (κ3) is 3.30. The SMILES string of the molecule is C=CCN1C(=O)C(Sc2ccccc2)=C(c2ccc(C)cc2C)C1=O. The molecule has 0 unspecified atom stereocenters. The van der Waals surface area contributed by atoms with Gasteiger partial charge >= 0.3 is 0 Å². The van der Waals surface area contributed by atoms with Gasteiger partial charge in [0.05, 0.1) is 10.5 Å². The predicted octanol–water partition coefficient (Wildman–Crippen LogP) is 4.36. The summed E-state index contributed by atoms with van der Waals surface area (Å²) in [6.45, 7) is 7.85. The molecule has 2 aromatic rings. The Kier molecular flexibility index (Phi) is 4.91. The Labute approximate surface area is 152 Å². The first kappa shape index (κ1) is 17.2. The highest BCUT2D eigenvalue weighted by Crippen LogP contribution is 2.40. The van der Waals surface area contributed by atoms with Crippen LogP contribution >= 0.6 is 11.8 Å². The number of thioether (sulfide) groups is 1. The zero-order valence-electron chi connectivity index (χ0n) is 14.3. The van der Waals surface area contributed by atoms with E-state index in [1.54, 1.807) is 6.08 Å². The Balaban J connectivity index is 2.13. The van der Waals surface area contributed by atoms with Crippen molar-refractivity contribution in [1.29, 1.82) is 0 Å². The molecule has 0 aliphatic carbocycles. The van der Waals surface area contributed by atoms with E-state index in [2.05, 4.69) is 6.58 Å². The predicted molar refractivity (Wildman–Crippen MR) is 102 cm³/mol. The number of carbonyl (C=O) groups is 2. The monoisotopic (exact) mass is 349 g/mol. The van der Waals surface area contributed by atoms with Crippen LogP contribution in [0.3, 0.4) is 0 Å². The maximum absolute atomic E-state index is 12.9. The molecule has 25 heavy (non-hydrogen) atoms. The van der Waals surface area contributed by atoms with Gasteiger partial charge in [-0.3, -0.25) is 14.5 Å². The molecule has 0 saturated heterocycles. The molecule has 0 bridgehead atoms. The fraction of sp³-hybridized carbons (Fsp3) is 0.143. The summed E-state index contributed by atoms with van der Waals surface area (Å²) in [4.78, 5) is 28.4. The average molecular weight is 349 g/mol. The third-order valence-corrected chi connectivity index (χ3v) is 5.14. The molecule has 1 aliphatic rings. The van der Waals surface area contributed by atoms with E-state index in [0.717, 1.165) is 21.6 Å². The molecule has 0 fully saturated rings. The minimum Gasteiger partial charge on any atom is -0.270 e. The number of benzene rings is 2. The summed E-state index contributed by atoms with van der Waals surface area (Å²) in [5, 5.41) is 0. The summed E-state index contributed by atoms with van der Waals surface area (Å²) in [6.07, 6.45) is 1.57. The van der Waals surface area contributed by atoms with Crippen LogP contribution in [0.1, 0.15) is 16.7 Å². The normalized spacial score (nSPS) is 14.4. The molecule has 4 heteroatoms. The lowest BCUT2D eigenvalue weighted by Crippen LogP contribution is -2.31. The van der Waals surface area contributed by atoms with Crippen LogP contribution in [0.4, 0.5) is 0 Å². The van der Waals surface area contributed by atoms with Crippen LogP contribution in [0.2, 0.25) is 0 Å². The minimum atomic E-state index is -0.256. The van der Waals surface area contributed by atoms with E-state index in [0.29, 0.717) is 10.5 Å². The van der Waals surface area contributed by atoms with Crippen molar-refractivity contribution in [1.82, 2.24) is 4.90 Å². The van der Waals surface area contributed by atoms with E-state index in [9.17, 15) is 9.59 Å². The topological polar surface area (TPSA) is 37.4 Å². The van der Waals surface area contributed by atoms with Crippen LogP contribution in [0.5, 0.6) is 0 Å². The fourth-order valence-electron chi connectivity index (χ4n) is 2.88. The highest BCUT2D eigenvalue weighted by Gasteiger charge is 2.39. The van der Waals surface area contributed by atoms with Crippen molar-refractivity contribution in [3.05, 3.63) is 82.8 Å². The first-order valence-electron chi connectivity index (χ1n) is 8.05. The summed E-state index contributed by atoms with van der Waals surface area (Å²) >= 11 is 1.34. The van der Waals surface area contributed by atoms with Crippen molar-refractivity contribution in [3.8, 4) is 0 Å². The summed E-state index contributed by atoms with van der Waals surface area (Å²) in [5.74, 6) is -0.510. The number of rotatable bonds is 5. The van der Waals surface area contributed by atoms with Crippen LogP contribution < -0.4 is 0 Å². The van der Waals surface area contributed by atoms with Crippen LogP contribution in [-0.4, -0.2) is 23.3 Å². The van der Waals surface area contributed by atoms with Gasteiger partial charge in [0.25, 0.3) is 11.8 Å². The van der Waals surface area contributed by atoms with Gasteiger partial charge in [-0.15, -0.1) is 6.58 Å². The van der Waals surface area contributed by atoms with Crippen molar-refractivity contribution in [2.24, 2.45) is 0 Å². The molecule has 1 aliphatic heterocycles. The summed E-state index contributed by atoms with van der Waals surface area (Å²) in [5.41, 5.74) is 3.41. The molecule has 0 saturated carbocycles. The number of aryl methyl sites for hydroxylation is 2. The Bertz CT molecular complexity index is 884. The number of hydrogen-bond donors (Lipinski definition) is 0. The maximum Gasteiger partial charge on any atom is 0.268 e. The number of imide groups is 1. The standard InChI is InChI=1S/C21H19NO2S/c1-4-12-22-20(23)18(17-11-10-14(2)13-15(17)3)19(21(22)24)25-16-8-6-5-7-9-16/h4-11,13H,1,12H2,2-3H3. The molecule has 0 aromatic heterocycles. The molecule has 0 N–H and O–H groups in total. The first-order valence-corrected chi connectivity index (χ1v) is 8.86. The molecule has 1 heterocycles. The van der Waals surface area contributed by atoms with Gasteiger partial charge in [0, 0.05) is 11.4 Å². The highest BCUT2D eigenvalue weighted by molar-refractivity contribution is 8.04. The number of amides is 2. The fourth-order valence-corrected chi connectivity index (χ4v) is 3.91. The minimum absolute atomic E-state index is 0.213. The second kappa shape index (κ2) is 7.11. The second-order valence-electron chi connectivity index (χ2n) is 5.95. The first-order chi connectivity index (χ1) is 12.0. The van der Waals surface area contributed by atoms with Gasteiger partial charge in [0.2, 0.25) is 0 Å². The Morgan fingerprint density at radius 2 is 1.76 bits per heavy atom. The summed E-state index contributed by atoms with van der Waals surface area (Å²) in [7, 11) is 0. The number of nitrogens with zero attached hydrogens (tertiary/aromatic N) is 1. The zero-order valence-corrected chi connectivity index (χ0v) is 15.1. The van der Waals surface area contributed by atoms with Crippen molar-refractivity contribution in [2.45, 2.75) is 18.7 Å². The molecule has 0 radical (unpaired) electrons. The smallest absolute Gasteiger partial charge is 0.268 e. The van der Waals surface area contributed by atoms with E-state index in [1.807, 2.05) is 62.4 Å². The molecule has 2 aromatic carbocycles. The molecule has 126 valence electrons. The Morgan fingerprint density at radius 1 is 1.04 bits per heavy atom. The average Bonchev–Trinajstić information content (AvgIpc) is 2.81. The lowest BCUT2D eigenvalue weighted by atomic mass is 9.99. The van der Waals surface area contributed by atoms with E-state index in [4.69, 9.17) is 0 Å². The Hall–Kier alpha value is -2.59. The Morgan fingerprint density at radius 3 is 2.40 bits per heavy atom. The van der Waals surface area contributed by atoms with E-state index in [1.165, 1.54) is 16.7 Å². The largest absolute Gasteiger partial charge is 0.270 e. The van der Waals surface area contributed by atoms with E-state index in [-0.39, 0.29) is 18.4 Å². The second-order valence-corrected chi connectivity index (χ2v) is 7.03. The third-order valence-electron chi connectivity index (χ3n) is 4.05. The van der Waals surface area contributed by atoms with Crippen molar-refractivity contribution in [3.63, 3.8) is 0 Å². The van der Waals surface area contributed by atoms with Gasteiger partial charge < -0.3 is 0 Å². The molecule has 3 nitrogen and oxygen atoms in total. The highest BCUT2D eigenvalue weighted by atomic mass is 32.2.